The predicted molar refractivity (Wildman–Crippen MR) is 75.8 cm³/mol. The van der Waals surface area contributed by atoms with Crippen molar-refractivity contribution in [3.8, 4) is 0 Å². The summed E-state index contributed by atoms with van der Waals surface area (Å²) in [6.07, 6.45) is 4.60. The Morgan fingerprint density at radius 3 is 2.65 bits per heavy atom. The molecule has 2 rings (SSSR count). The molecule has 0 aromatic carbocycles. The molecule has 1 aliphatic rings. The predicted octanol–water partition coefficient (Wildman–Crippen LogP) is 0.555. The highest BCUT2D eigenvalue weighted by molar-refractivity contribution is 7.91. The van der Waals surface area contributed by atoms with Gasteiger partial charge in [-0.25, -0.2) is 8.42 Å². The first-order chi connectivity index (χ1) is 9.39. The van der Waals surface area contributed by atoms with Crippen molar-refractivity contribution in [3.05, 3.63) is 18.5 Å². The summed E-state index contributed by atoms with van der Waals surface area (Å²) in [4.78, 5) is 14.1. The van der Waals surface area contributed by atoms with Crippen LogP contribution in [0, 0.1) is 5.92 Å². The number of aromatic nitrogens is 2. The van der Waals surface area contributed by atoms with E-state index in [2.05, 4.69) is 5.10 Å². The molecule has 1 atom stereocenters. The van der Waals surface area contributed by atoms with Crippen LogP contribution in [0.15, 0.2) is 18.5 Å². The maximum Gasteiger partial charge on any atom is 0.227 e. The average molecular weight is 299 g/mol. The van der Waals surface area contributed by atoms with E-state index in [1.165, 1.54) is 0 Å². The van der Waals surface area contributed by atoms with E-state index in [0.29, 0.717) is 19.4 Å². The van der Waals surface area contributed by atoms with Crippen molar-refractivity contribution >= 4 is 15.7 Å². The molecule has 0 aliphatic carbocycles. The Morgan fingerprint density at radius 2 is 2.10 bits per heavy atom. The molecule has 20 heavy (non-hydrogen) atoms. The smallest absolute Gasteiger partial charge is 0.227 e. The van der Waals surface area contributed by atoms with Crippen LogP contribution in [0.1, 0.15) is 19.8 Å². The van der Waals surface area contributed by atoms with Gasteiger partial charge in [-0.1, -0.05) is 6.92 Å². The average Bonchev–Trinajstić information content (AvgIpc) is 2.90. The summed E-state index contributed by atoms with van der Waals surface area (Å²) in [6.45, 7) is 2.42. The van der Waals surface area contributed by atoms with Crippen molar-refractivity contribution in [2.75, 3.05) is 18.6 Å². The summed E-state index contributed by atoms with van der Waals surface area (Å²) < 4.78 is 24.6. The van der Waals surface area contributed by atoms with E-state index in [1.54, 1.807) is 22.8 Å². The maximum atomic E-state index is 12.4. The number of rotatable bonds is 4. The second-order valence-electron chi connectivity index (χ2n) is 5.46. The normalized spacial score (nSPS) is 20.5. The molecule has 0 bridgehead atoms. The van der Waals surface area contributed by atoms with Crippen molar-refractivity contribution in [2.24, 2.45) is 5.92 Å². The Kier molecular flexibility index (Phi) is 4.47. The van der Waals surface area contributed by atoms with Gasteiger partial charge in [-0.3, -0.25) is 9.48 Å². The molecule has 0 saturated carbocycles. The van der Waals surface area contributed by atoms with Crippen LogP contribution < -0.4 is 0 Å². The Morgan fingerprint density at radius 1 is 1.45 bits per heavy atom. The van der Waals surface area contributed by atoms with Gasteiger partial charge in [0.15, 0.2) is 0 Å². The summed E-state index contributed by atoms with van der Waals surface area (Å²) in [5, 5.41) is 4.10. The lowest BCUT2D eigenvalue weighted by Crippen LogP contribution is -2.44. The Labute approximate surface area is 119 Å². The van der Waals surface area contributed by atoms with Crippen LogP contribution in [0.25, 0.3) is 0 Å². The Bertz CT molecular complexity index is 539. The minimum absolute atomic E-state index is 0.0334. The topological polar surface area (TPSA) is 72.3 Å². The molecule has 0 N–H and O–H groups in total. The monoisotopic (exact) mass is 299 g/mol. The Hall–Kier alpha value is -1.37. The molecule has 1 aromatic rings. The second-order valence-corrected chi connectivity index (χ2v) is 7.76. The van der Waals surface area contributed by atoms with Crippen molar-refractivity contribution in [3.63, 3.8) is 0 Å². The molecule has 112 valence electrons. The summed E-state index contributed by atoms with van der Waals surface area (Å²) in [5.41, 5.74) is 0. The van der Waals surface area contributed by atoms with Gasteiger partial charge in [-0.05, 0) is 18.9 Å². The molecular weight excluding hydrogens is 278 g/mol. The number of carbonyl (C=O) groups excluding carboxylic acids is 1. The largest absolute Gasteiger partial charge is 0.342 e. The van der Waals surface area contributed by atoms with Crippen molar-refractivity contribution in [1.29, 1.82) is 0 Å². The molecule has 1 aromatic heterocycles. The third-order valence-electron chi connectivity index (χ3n) is 3.86. The van der Waals surface area contributed by atoms with Crippen LogP contribution in [0.5, 0.6) is 0 Å². The molecule has 0 radical (unpaired) electrons. The van der Waals surface area contributed by atoms with E-state index in [-0.39, 0.29) is 29.4 Å². The molecule has 0 unspecified atom stereocenters. The molecule has 2 heterocycles. The number of hydrogen-bond acceptors (Lipinski definition) is 4. The molecule has 7 heteroatoms. The van der Waals surface area contributed by atoms with Crippen LogP contribution in [-0.4, -0.2) is 53.6 Å². The number of amides is 1. The zero-order valence-electron chi connectivity index (χ0n) is 11.9. The van der Waals surface area contributed by atoms with Gasteiger partial charge >= 0.3 is 0 Å². The van der Waals surface area contributed by atoms with Gasteiger partial charge in [0.1, 0.15) is 9.84 Å². The minimum Gasteiger partial charge on any atom is -0.342 e. The molecule has 1 saturated heterocycles. The van der Waals surface area contributed by atoms with Crippen molar-refractivity contribution in [2.45, 2.75) is 32.4 Å². The first-order valence-electron chi connectivity index (χ1n) is 6.83. The van der Waals surface area contributed by atoms with Crippen molar-refractivity contribution in [1.82, 2.24) is 14.7 Å². The fourth-order valence-corrected chi connectivity index (χ4v) is 4.03. The zero-order valence-corrected chi connectivity index (χ0v) is 12.7. The van der Waals surface area contributed by atoms with E-state index in [1.807, 2.05) is 19.2 Å². The molecule has 0 spiro atoms. The summed E-state index contributed by atoms with van der Waals surface area (Å²) in [7, 11) is -1.12. The first-order valence-corrected chi connectivity index (χ1v) is 8.66. The van der Waals surface area contributed by atoms with E-state index in [0.717, 1.165) is 0 Å². The SMILES string of the molecule is C[C@H](Cn1cccn1)C(=O)N(C)C1CCS(=O)(=O)CC1. The fourth-order valence-electron chi connectivity index (χ4n) is 2.56. The van der Waals surface area contributed by atoms with Crippen molar-refractivity contribution < 1.29 is 13.2 Å². The number of hydrogen-bond donors (Lipinski definition) is 0. The maximum absolute atomic E-state index is 12.4. The van der Waals surface area contributed by atoms with E-state index < -0.39 is 9.84 Å². The lowest BCUT2D eigenvalue weighted by atomic mass is 10.1. The second kappa shape index (κ2) is 5.95. The van der Waals surface area contributed by atoms with E-state index in [9.17, 15) is 13.2 Å². The van der Waals surface area contributed by atoms with Gasteiger partial charge in [0.05, 0.1) is 24.0 Å². The fraction of sp³-hybridized carbons (Fsp3) is 0.692. The highest BCUT2D eigenvalue weighted by Gasteiger charge is 2.30. The number of carbonyl (C=O) groups is 1. The molecular formula is C13H21N3O3S. The zero-order chi connectivity index (χ0) is 14.8. The molecule has 1 amide bonds. The number of sulfone groups is 1. The van der Waals surface area contributed by atoms with Gasteiger partial charge in [-0.15, -0.1) is 0 Å². The van der Waals surface area contributed by atoms with Gasteiger partial charge in [0, 0.05) is 25.5 Å². The van der Waals surface area contributed by atoms with Gasteiger partial charge in [-0.2, -0.15) is 5.10 Å². The lowest BCUT2D eigenvalue weighted by Gasteiger charge is -2.32. The van der Waals surface area contributed by atoms with Crippen LogP contribution in [0.4, 0.5) is 0 Å². The third kappa shape index (κ3) is 3.59. The summed E-state index contributed by atoms with van der Waals surface area (Å²) in [5.74, 6) is 0.245. The minimum atomic E-state index is -2.89. The van der Waals surface area contributed by atoms with Crippen LogP contribution in [0.3, 0.4) is 0 Å². The Balaban J connectivity index is 1.91. The molecule has 1 aliphatic heterocycles. The third-order valence-corrected chi connectivity index (χ3v) is 5.58. The van der Waals surface area contributed by atoms with E-state index >= 15 is 0 Å². The van der Waals surface area contributed by atoms with Crippen LogP contribution in [-0.2, 0) is 21.2 Å². The van der Waals surface area contributed by atoms with Crippen LogP contribution >= 0.6 is 0 Å². The van der Waals surface area contributed by atoms with Gasteiger partial charge in [0.2, 0.25) is 5.91 Å². The molecule has 6 nitrogen and oxygen atoms in total. The van der Waals surface area contributed by atoms with Crippen LogP contribution in [0.2, 0.25) is 0 Å². The quantitative estimate of drug-likeness (QED) is 0.814. The van der Waals surface area contributed by atoms with Gasteiger partial charge in [0.25, 0.3) is 0 Å². The standard InChI is InChI=1S/C13H21N3O3S/c1-11(10-16-7-3-6-14-16)13(17)15(2)12-4-8-20(18,19)9-5-12/h3,6-7,11-12H,4-5,8-10H2,1-2H3/t11-/m1/s1. The summed E-state index contributed by atoms with van der Waals surface area (Å²) in [6, 6.07) is 1.86. The number of nitrogens with zero attached hydrogens (tertiary/aromatic N) is 3. The first kappa shape index (κ1) is 15.0. The van der Waals surface area contributed by atoms with Gasteiger partial charge < -0.3 is 4.90 Å². The highest BCUT2D eigenvalue weighted by atomic mass is 32.2. The van der Waals surface area contributed by atoms with E-state index in [4.69, 9.17) is 0 Å². The molecule has 1 fully saturated rings. The summed E-state index contributed by atoms with van der Waals surface area (Å²) >= 11 is 0. The lowest BCUT2D eigenvalue weighted by molar-refractivity contribution is -0.136. The highest BCUT2D eigenvalue weighted by Crippen LogP contribution is 2.19.